The van der Waals surface area contributed by atoms with Crippen LogP contribution in [0.3, 0.4) is 0 Å². The van der Waals surface area contributed by atoms with Crippen molar-refractivity contribution in [2.24, 2.45) is 5.73 Å². The van der Waals surface area contributed by atoms with Gasteiger partial charge in [0.05, 0.1) is 6.61 Å². The second-order valence-corrected chi connectivity index (χ2v) is 4.00. The van der Waals surface area contributed by atoms with Crippen LogP contribution >= 0.6 is 11.3 Å². The van der Waals surface area contributed by atoms with Crippen molar-refractivity contribution in [3.8, 4) is 0 Å². The molecule has 0 unspecified atom stereocenters. The van der Waals surface area contributed by atoms with E-state index in [1.54, 1.807) is 11.3 Å². The normalized spacial score (nSPS) is 10.9. The monoisotopic (exact) mass is 193 g/mol. The molecule has 13 heavy (non-hydrogen) atoms. The van der Waals surface area contributed by atoms with Crippen molar-refractivity contribution in [3.05, 3.63) is 34.7 Å². The van der Waals surface area contributed by atoms with Crippen LogP contribution in [0.1, 0.15) is 10.4 Å². The third-order valence-electron chi connectivity index (χ3n) is 2.13. The Morgan fingerprint density at radius 3 is 2.77 bits per heavy atom. The highest BCUT2D eigenvalue weighted by Gasteiger charge is 2.08. The van der Waals surface area contributed by atoms with Gasteiger partial charge >= 0.3 is 0 Å². The van der Waals surface area contributed by atoms with Gasteiger partial charge in [-0.15, -0.1) is 11.3 Å². The summed E-state index contributed by atoms with van der Waals surface area (Å²) in [5, 5.41) is 10.3. The molecule has 3 heteroatoms. The molecule has 1 aromatic heterocycles. The number of nitrogens with two attached hydrogens (primary N) is 1. The van der Waals surface area contributed by atoms with Crippen LogP contribution < -0.4 is 5.73 Å². The fraction of sp³-hybridized carbons (Fsp3) is 0.200. The van der Waals surface area contributed by atoms with Crippen molar-refractivity contribution in [3.63, 3.8) is 0 Å². The predicted octanol–water partition coefficient (Wildman–Crippen LogP) is 1.85. The van der Waals surface area contributed by atoms with E-state index in [9.17, 15) is 5.11 Å². The number of aliphatic hydroxyl groups is 1. The molecule has 1 heterocycles. The Morgan fingerprint density at radius 2 is 2.08 bits per heavy atom. The lowest BCUT2D eigenvalue weighted by Gasteiger charge is -1.96. The number of thiophene rings is 1. The lowest BCUT2D eigenvalue weighted by atomic mass is 10.1. The van der Waals surface area contributed by atoms with Crippen LogP contribution in [-0.2, 0) is 13.2 Å². The fourth-order valence-corrected chi connectivity index (χ4v) is 2.58. The van der Waals surface area contributed by atoms with Crippen molar-refractivity contribution < 1.29 is 5.11 Å². The minimum absolute atomic E-state index is 0.0799. The SMILES string of the molecule is NCc1sc2ccccc2c1CO. The van der Waals surface area contributed by atoms with Gasteiger partial charge < -0.3 is 10.8 Å². The molecule has 68 valence electrons. The molecule has 0 saturated heterocycles. The summed E-state index contributed by atoms with van der Waals surface area (Å²) in [6, 6.07) is 8.06. The van der Waals surface area contributed by atoms with E-state index in [4.69, 9.17) is 5.73 Å². The summed E-state index contributed by atoms with van der Waals surface area (Å²) in [5.74, 6) is 0. The number of rotatable bonds is 2. The second kappa shape index (κ2) is 3.46. The molecule has 0 amide bonds. The van der Waals surface area contributed by atoms with E-state index in [0.717, 1.165) is 15.8 Å². The molecule has 0 saturated carbocycles. The molecule has 0 radical (unpaired) electrons. The lowest BCUT2D eigenvalue weighted by Crippen LogP contribution is -1.96. The first-order valence-corrected chi connectivity index (χ1v) is 4.98. The summed E-state index contributed by atoms with van der Waals surface area (Å²) in [5.41, 5.74) is 6.58. The first-order chi connectivity index (χ1) is 6.36. The van der Waals surface area contributed by atoms with Crippen LogP contribution in [0, 0.1) is 0 Å². The van der Waals surface area contributed by atoms with Gasteiger partial charge in [0.15, 0.2) is 0 Å². The Hall–Kier alpha value is -0.900. The number of fused-ring (bicyclic) bond motifs is 1. The van der Waals surface area contributed by atoms with E-state index >= 15 is 0 Å². The molecule has 1 aromatic carbocycles. The van der Waals surface area contributed by atoms with E-state index in [2.05, 4.69) is 6.07 Å². The number of benzene rings is 1. The topological polar surface area (TPSA) is 46.2 Å². The Labute approximate surface area is 80.6 Å². The molecule has 3 N–H and O–H groups in total. The summed E-state index contributed by atoms with van der Waals surface area (Å²) in [4.78, 5) is 1.09. The summed E-state index contributed by atoms with van der Waals surface area (Å²) < 4.78 is 1.20. The summed E-state index contributed by atoms with van der Waals surface area (Å²) in [6.45, 7) is 0.589. The summed E-state index contributed by atoms with van der Waals surface area (Å²) >= 11 is 1.66. The quantitative estimate of drug-likeness (QED) is 0.764. The maximum Gasteiger partial charge on any atom is 0.0699 e. The molecular formula is C10H11NOS. The molecule has 2 aromatic rings. The molecular weight excluding hydrogens is 182 g/mol. The van der Waals surface area contributed by atoms with Crippen molar-refractivity contribution in [1.29, 1.82) is 0 Å². The van der Waals surface area contributed by atoms with Crippen LogP contribution in [0.2, 0.25) is 0 Å². The zero-order valence-electron chi connectivity index (χ0n) is 7.16. The third-order valence-corrected chi connectivity index (χ3v) is 3.36. The van der Waals surface area contributed by atoms with Gasteiger partial charge in [-0.05, 0) is 11.5 Å². The standard InChI is InChI=1S/C10H11NOS/c11-5-10-8(6-12)7-3-1-2-4-9(7)13-10/h1-4,12H,5-6,11H2. The minimum Gasteiger partial charge on any atom is -0.392 e. The van der Waals surface area contributed by atoms with E-state index in [0.29, 0.717) is 6.54 Å². The van der Waals surface area contributed by atoms with Crippen molar-refractivity contribution in [1.82, 2.24) is 0 Å². The maximum absolute atomic E-state index is 9.19. The van der Waals surface area contributed by atoms with Gasteiger partial charge in [0.1, 0.15) is 0 Å². The van der Waals surface area contributed by atoms with E-state index < -0.39 is 0 Å². The first-order valence-electron chi connectivity index (χ1n) is 4.17. The van der Waals surface area contributed by atoms with Gasteiger partial charge in [-0.2, -0.15) is 0 Å². The van der Waals surface area contributed by atoms with E-state index in [1.807, 2.05) is 18.2 Å². The van der Waals surface area contributed by atoms with Crippen molar-refractivity contribution >= 4 is 21.4 Å². The molecule has 2 rings (SSSR count). The Kier molecular flexibility index (Phi) is 2.31. The van der Waals surface area contributed by atoms with Crippen LogP contribution in [0.25, 0.3) is 10.1 Å². The zero-order chi connectivity index (χ0) is 9.26. The Bertz CT molecular complexity index is 422. The van der Waals surface area contributed by atoms with Gasteiger partial charge in [0.25, 0.3) is 0 Å². The molecule has 0 aliphatic carbocycles. The molecule has 0 aliphatic heterocycles. The average Bonchev–Trinajstić information content (AvgIpc) is 2.55. The van der Waals surface area contributed by atoms with Crippen LogP contribution in [0.4, 0.5) is 0 Å². The maximum atomic E-state index is 9.19. The van der Waals surface area contributed by atoms with Gasteiger partial charge in [-0.25, -0.2) is 0 Å². The summed E-state index contributed by atoms with van der Waals surface area (Å²) in [6.07, 6.45) is 0. The van der Waals surface area contributed by atoms with Gasteiger partial charge in [-0.1, -0.05) is 18.2 Å². The minimum atomic E-state index is 0.0799. The Morgan fingerprint density at radius 1 is 1.31 bits per heavy atom. The van der Waals surface area contributed by atoms with Crippen LogP contribution in [0.15, 0.2) is 24.3 Å². The molecule has 0 aliphatic rings. The molecule has 2 nitrogen and oxygen atoms in total. The van der Waals surface area contributed by atoms with Gasteiger partial charge in [0.2, 0.25) is 0 Å². The highest BCUT2D eigenvalue weighted by Crippen LogP contribution is 2.30. The molecule has 0 bridgehead atoms. The predicted molar refractivity (Wildman–Crippen MR) is 55.6 cm³/mol. The van der Waals surface area contributed by atoms with E-state index in [1.165, 1.54) is 4.70 Å². The second-order valence-electron chi connectivity index (χ2n) is 2.86. The number of hydrogen-bond donors (Lipinski definition) is 2. The largest absolute Gasteiger partial charge is 0.392 e. The van der Waals surface area contributed by atoms with Crippen molar-refractivity contribution in [2.75, 3.05) is 0 Å². The summed E-state index contributed by atoms with van der Waals surface area (Å²) in [7, 11) is 0. The number of hydrogen-bond acceptors (Lipinski definition) is 3. The Balaban J connectivity index is 2.73. The van der Waals surface area contributed by atoms with E-state index in [-0.39, 0.29) is 6.61 Å². The average molecular weight is 193 g/mol. The molecule has 0 atom stereocenters. The van der Waals surface area contributed by atoms with Gasteiger partial charge in [-0.3, -0.25) is 0 Å². The van der Waals surface area contributed by atoms with Crippen LogP contribution in [-0.4, -0.2) is 5.11 Å². The van der Waals surface area contributed by atoms with Crippen molar-refractivity contribution in [2.45, 2.75) is 13.2 Å². The highest BCUT2D eigenvalue weighted by molar-refractivity contribution is 7.19. The number of aliphatic hydroxyl groups excluding tert-OH is 1. The molecule has 0 spiro atoms. The van der Waals surface area contributed by atoms with Gasteiger partial charge in [0, 0.05) is 21.7 Å². The first kappa shape index (κ1) is 8.69. The van der Waals surface area contributed by atoms with Crippen LogP contribution in [0.5, 0.6) is 0 Å². The fourth-order valence-electron chi connectivity index (χ4n) is 1.49. The highest BCUT2D eigenvalue weighted by atomic mass is 32.1. The zero-order valence-corrected chi connectivity index (χ0v) is 7.97. The third kappa shape index (κ3) is 1.35. The molecule has 0 fully saturated rings. The smallest absolute Gasteiger partial charge is 0.0699 e. The lowest BCUT2D eigenvalue weighted by molar-refractivity contribution is 0.283.